The van der Waals surface area contributed by atoms with Crippen LogP contribution in [0.25, 0.3) is 17.1 Å². The van der Waals surface area contributed by atoms with Crippen LogP contribution in [0.1, 0.15) is 29.3 Å². The van der Waals surface area contributed by atoms with Crippen molar-refractivity contribution in [1.82, 2.24) is 20.0 Å². The Labute approximate surface area is 155 Å². The molecular formula is C20H16N4O3. The van der Waals surface area contributed by atoms with Crippen molar-refractivity contribution < 1.29 is 13.9 Å². The van der Waals surface area contributed by atoms with Gasteiger partial charge in [-0.15, -0.1) is 10.2 Å². The van der Waals surface area contributed by atoms with Gasteiger partial charge in [-0.3, -0.25) is 0 Å². The molecule has 134 valence electrons. The van der Waals surface area contributed by atoms with Crippen LogP contribution in [0.2, 0.25) is 0 Å². The fraction of sp³-hybridized carbons (Fsp3) is 0.100. The maximum absolute atomic E-state index is 12.4. The minimum Gasteiger partial charge on any atom is -0.449 e. The number of rotatable bonds is 5. The first-order valence-electron chi connectivity index (χ1n) is 8.40. The summed E-state index contributed by atoms with van der Waals surface area (Å²) in [6.07, 6.45) is 2.40. The number of carbonyl (C=O) groups excluding carboxylic acids is 1. The topological polar surface area (TPSA) is 83.0 Å². The number of aromatic nitrogens is 4. The molecule has 4 rings (SSSR count). The fourth-order valence-electron chi connectivity index (χ4n) is 2.53. The minimum atomic E-state index is -0.678. The Morgan fingerprint density at radius 2 is 1.74 bits per heavy atom. The highest BCUT2D eigenvalue weighted by atomic mass is 16.6. The van der Waals surface area contributed by atoms with Gasteiger partial charge in [0.25, 0.3) is 5.89 Å². The number of ether oxygens (including phenoxy) is 1. The van der Waals surface area contributed by atoms with Crippen molar-refractivity contribution >= 4 is 5.97 Å². The largest absolute Gasteiger partial charge is 0.449 e. The molecule has 0 aliphatic rings. The maximum Gasteiger partial charge on any atom is 0.342 e. The monoisotopic (exact) mass is 360 g/mol. The van der Waals surface area contributed by atoms with E-state index in [2.05, 4.69) is 15.3 Å². The van der Waals surface area contributed by atoms with Gasteiger partial charge in [0.2, 0.25) is 5.89 Å². The van der Waals surface area contributed by atoms with Crippen LogP contribution in [0.3, 0.4) is 0 Å². The minimum absolute atomic E-state index is 0.234. The average Bonchev–Trinajstić information content (AvgIpc) is 3.39. The molecule has 27 heavy (non-hydrogen) atoms. The highest BCUT2D eigenvalue weighted by molar-refractivity contribution is 5.89. The molecule has 2 aromatic heterocycles. The number of para-hydroxylation sites is 1. The fourth-order valence-corrected chi connectivity index (χ4v) is 2.53. The van der Waals surface area contributed by atoms with Gasteiger partial charge in [0.15, 0.2) is 6.10 Å². The Hall–Kier alpha value is -3.74. The highest BCUT2D eigenvalue weighted by Crippen LogP contribution is 2.23. The van der Waals surface area contributed by atoms with Crippen LogP contribution in [0, 0.1) is 0 Å². The second kappa shape index (κ2) is 7.25. The van der Waals surface area contributed by atoms with Crippen LogP contribution >= 0.6 is 0 Å². The van der Waals surface area contributed by atoms with Crippen molar-refractivity contribution in [3.63, 3.8) is 0 Å². The second-order valence-corrected chi connectivity index (χ2v) is 5.87. The van der Waals surface area contributed by atoms with E-state index in [1.165, 1.54) is 6.20 Å². The van der Waals surface area contributed by atoms with Crippen molar-refractivity contribution in [1.29, 1.82) is 0 Å². The highest BCUT2D eigenvalue weighted by Gasteiger charge is 2.21. The molecular weight excluding hydrogens is 344 g/mol. The molecule has 0 fully saturated rings. The Bertz CT molecular complexity index is 1040. The number of benzene rings is 2. The van der Waals surface area contributed by atoms with Crippen molar-refractivity contribution in [2.45, 2.75) is 13.0 Å². The summed E-state index contributed by atoms with van der Waals surface area (Å²) in [4.78, 5) is 12.4. The third kappa shape index (κ3) is 3.62. The number of carbonyl (C=O) groups is 1. The van der Waals surface area contributed by atoms with E-state index in [9.17, 15) is 4.79 Å². The first kappa shape index (κ1) is 16.7. The van der Waals surface area contributed by atoms with Gasteiger partial charge in [0, 0.05) is 11.8 Å². The smallest absolute Gasteiger partial charge is 0.342 e. The normalized spacial score (nSPS) is 11.9. The van der Waals surface area contributed by atoms with Gasteiger partial charge < -0.3 is 9.15 Å². The van der Waals surface area contributed by atoms with Gasteiger partial charge in [-0.2, -0.15) is 5.10 Å². The van der Waals surface area contributed by atoms with Crippen LogP contribution in [-0.4, -0.2) is 25.9 Å². The Balaban J connectivity index is 1.46. The molecule has 0 saturated heterocycles. The average molecular weight is 360 g/mol. The summed E-state index contributed by atoms with van der Waals surface area (Å²) in [7, 11) is 0. The summed E-state index contributed by atoms with van der Waals surface area (Å²) in [5.74, 6) is 0.104. The first-order chi connectivity index (χ1) is 13.2. The number of hydrogen-bond donors (Lipinski definition) is 0. The summed E-state index contributed by atoms with van der Waals surface area (Å²) >= 11 is 0. The van der Waals surface area contributed by atoms with E-state index in [4.69, 9.17) is 9.15 Å². The molecule has 0 N–H and O–H groups in total. The third-order valence-corrected chi connectivity index (χ3v) is 3.93. The zero-order valence-electron chi connectivity index (χ0n) is 14.5. The Morgan fingerprint density at radius 3 is 2.48 bits per heavy atom. The molecule has 7 nitrogen and oxygen atoms in total. The van der Waals surface area contributed by atoms with E-state index < -0.39 is 12.1 Å². The molecule has 1 unspecified atom stereocenters. The molecule has 4 aromatic rings. The van der Waals surface area contributed by atoms with Crippen LogP contribution in [0.5, 0.6) is 0 Å². The predicted molar refractivity (Wildman–Crippen MR) is 97.1 cm³/mol. The third-order valence-electron chi connectivity index (χ3n) is 3.93. The van der Waals surface area contributed by atoms with Gasteiger partial charge in [0.05, 0.1) is 17.4 Å². The van der Waals surface area contributed by atoms with Gasteiger partial charge in [-0.05, 0) is 31.2 Å². The summed E-state index contributed by atoms with van der Waals surface area (Å²) in [6, 6.07) is 18.9. The SMILES string of the molecule is CC(OC(=O)c1cnn(-c2ccccc2)c1)c1nnc(-c2ccccc2)o1. The summed E-state index contributed by atoms with van der Waals surface area (Å²) in [5.41, 5.74) is 2.00. The molecule has 0 radical (unpaired) electrons. The van der Waals surface area contributed by atoms with Crippen molar-refractivity contribution in [3.8, 4) is 17.1 Å². The second-order valence-electron chi connectivity index (χ2n) is 5.87. The van der Waals surface area contributed by atoms with Gasteiger partial charge in [-0.1, -0.05) is 36.4 Å². The maximum atomic E-state index is 12.4. The lowest BCUT2D eigenvalue weighted by Crippen LogP contribution is -2.09. The lowest BCUT2D eigenvalue weighted by molar-refractivity contribution is 0.0280. The lowest BCUT2D eigenvalue weighted by atomic mass is 10.2. The zero-order valence-corrected chi connectivity index (χ0v) is 14.5. The standard InChI is InChI=1S/C20H16N4O3/c1-14(18-22-23-19(27-18)15-8-4-2-5-9-15)26-20(25)16-12-21-24(13-16)17-10-6-3-7-11-17/h2-14H,1H3. The molecule has 0 saturated carbocycles. The van der Waals surface area contributed by atoms with Crippen molar-refractivity contribution in [3.05, 3.63) is 84.5 Å². The summed E-state index contributed by atoms with van der Waals surface area (Å²) in [6.45, 7) is 1.68. The molecule has 2 aromatic carbocycles. The van der Waals surface area contributed by atoms with Crippen LogP contribution in [0.15, 0.2) is 77.5 Å². The van der Waals surface area contributed by atoms with E-state index in [1.807, 2.05) is 60.7 Å². The van der Waals surface area contributed by atoms with E-state index >= 15 is 0 Å². The van der Waals surface area contributed by atoms with E-state index in [-0.39, 0.29) is 5.89 Å². The van der Waals surface area contributed by atoms with Crippen molar-refractivity contribution in [2.24, 2.45) is 0 Å². The van der Waals surface area contributed by atoms with Gasteiger partial charge in [-0.25, -0.2) is 9.48 Å². The zero-order chi connectivity index (χ0) is 18.6. The van der Waals surface area contributed by atoms with Crippen LogP contribution < -0.4 is 0 Å². The Morgan fingerprint density at radius 1 is 1.04 bits per heavy atom. The van der Waals surface area contributed by atoms with Gasteiger partial charge >= 0.3 is 5.97 Å². The molecule has 2 heterocycles. The predicted octanol–water partition coefficient (Wildman–Crippen LogP) is 3.84. The number of nitrogens with zero attached hydrogens (tertiary/aromatic N) is 4. The number of hydrogen-bond acceptors (Lipinski definition) is 6. The molecule has 0 bridgehead atoms. The van der Waals surface area contributed by atoms with E-state index in [0.717, 1.165) is 11.3 Å². The summed E-state index contributed by atoms with van der Waals surface area (Å²) < 4.78 is 12.7. The Kier molecular flexibility index (Phi) is 4.49. The number of esters is 1. The first-order valence-corrected chi connectivity index (χ1v) is 8.40. The van der Waals surface area contributed by atoms with Crippen molar-refractivity contribution in [2.75, 3.05) is 0 Å². The quantitative estimate of drug-likeness (QED) is 0.503. The molecule has 0 aliphatic carbocycles. The van der Waals surface area contributed by atoms with Gasteiger partial charge in [0.1, 0.15) is 0 Å². The molecule has 0 spiro atoms. The lowest BCUT2D eigenvalue weighted by Gasteiger charge is -2.07. The van der Waals surface area contributed by atoms with Crippen LogP contribution in [0.4, 0.5) is 0 Å². The molecule has 0 aliphatic heterocycles. The molecule has 0 amide bonds. The molecule has 7 heteroatoms. The van der Waals surface area contributed by atoms with E-state index in [0.29, 0.717) is 11.5 Å². The molecule has 1 atom stereocenters. The van der Waals surface area contributed by atoms with E-state index in [1.54, 1.807) is 17.8 Å². The van der Waals surface area contributed by atoms with Crippen LogP contribution in [-0.2, 0) is 4.74 Å². The summed E-state index contributed by atoms with van der Waals surface area (Å²) in [5, 5.41) is 12.2.